The van der Waals surface area contributed by atoms with Gasteiger partial charge < -0.3 is 10.2 Å². The highest BCUT2D eigenvalue weighted by Crippen LogP contribution is 2.28. The Morgan fingerprint density at radius 2 is 1.88 bits per heavy atom. The Balaban J connectivity index is 2.09. The van der Waals surface area contributed by atoms with Gasteiger partial charge in [0.1, 0.15) is 9.88 Å². The second-order valence-corrected chi connectivity index (χ2v) is 8.57. The molecule has 0 aliphatic heterocycles. The van der Waals surface area contributed by atoms with Crippen molar-refractivity contribution >= 4 is 17.2 Å². The quantitative estimate of drug-likeness (QED) is 0.813. The maximum absolute atomic E-state index is 12.6. The first-order chi connectivity index (χ1) is 11.7. The van der Waals surface area contributed by atoms with E-state index in [0.717, 1.165) is 29.2 Å². The normalized spacial score (nSPS) is 11.8. The van der Waals surface area contributed by atoms with E-state index in [2.05, 4.69) is 60.2 Å². The molecule has 2 rings (SSSR count). The van der Waals surface area contributed by atoms with Crippen molar-refractivity contribution in [2.24, 2.45) is 5.41 Å². The van der Waals surface area contributed by atoms with E-state index in [1.54, 1.807) is 0 Å². The number of carbonyl (C=O) groups excluding carboxylic acids is 1. The van der Waals surface area contributed by atoms with Crippen molar-refractivity contribution in [1.29, 1.82) is 0 Å². The summed E-state index contributed by atoms with van der Waals surface area (Å²) in [4.78, 5) is 20.0. The lowest BCUT2D eigenvalue weighted by Gasteiger charge is -2.28. The number of rotatable bonds is 7. The molecule has 0 fully saturated rings. The third-order valence-electron chi connectivity index (χ3n) is 4.08. The highest BCUT2D eigenvalue weighted by molar-refractivity contribution is 7.17. The summed E-state index contributed by atoms with van der Waals surface area (Å²) < 4.78 is 0. The average Bonchev–Trinajstić information content (AvgIpc) is 2.93. The Kier molecular flexibility index (Phi) is 6.36. The Hall–Kier alpha value is -1.72. The molecule has 0 aliphatic rings. The monoisotopic (exact) mass is 359 g/mol. The number of hydrogen-bond donors (Lipinski definition) is 1. The molecule has 0 spiro atoms. The number of hydrogen-bond acceptors (Lipinski definition) is 4. The van der Waals surface area contributed by atoms with E-state index in [1.807, 2.05) is 21.0 Å². The van der Waals surface area contributed by atoms with Gasteiger partial charge in [-0.1, -0.05) is 45.0 Å². The minimum Gasteiger partial charge on any atom is -0.351 e. The van der Waals surface area contributed by atoms with Gasteiger partial charge in [-0.15, -0.1) is 11.3 Å². The third kappa shape index (κ3) is 5.38. The number of carbonyl (C=O) groups is 1. The van der Waals surface area contributed by atoms with Crippen molar-refractivity contribution in [2.45, 2.75) is 34.1 Å². The first kappa shape index (κ1) is 19.6. The van der Waals surface area contributed by atoms with Gasteiger partial charge in [-0.2, -0.15) is 0 Å². The molecule has 0 bridgehead atoms. The van der Waals surface area contributed by atoms with Crippen LogP contribution >= 0.6 is 11.3 Å². The number of amides is 1. The number of nitrogens with zero attached hydrogens (tertiary/aromatic N) is 2. The molecule has 4 nitrogen and oxygen atoms in total. The summed E-state index contributed by atoms with van der Waals surface area (Å²) in [6.45, 7) is 9.93. The molecule has 1 N–H and O–H groups in total. The van der Waals surface area contributed by atoms with E-state index in [4.69, 9.17) is 0 Å². The van der Waals surface area contributed by atoms with Gasteiger partial charge in [0.2, 0.25) is 0 Å². The number of aromatic nitrogens is 1. The topological polar surface area (TPSA) is 45.2 Å². The van der Waals surface area contributed by atoms with Crippen molar-refractivity contribution in [2.75, 3.05) is 27.2 Å². The molecule has 5 heteroatoms. The number of aryl methyl sites for hydroxylation is 2. The molecule has 0 radical (unpaired) electrons. The lowest BCUT2D eigenvalue weighted by molar-refractivity contribution is 0.0932. The fourth-order valence-corrected chi connectivity index (χ4v) is 3.91. The van der Waals surface area contributed by atoms with Crippen LogP contribution < -0.4 is 5.32 Å². The largest absolute Gasteiger partial charge is 0.351 e. The third-order valence-corrected chi connectivity index (χ3v) is 5.29. The molecule has 1 heterocycles. The smallest absolute Gasteiger partial charge is 0.263 e. The van der Waals surface area contributed by atoms with Crippen molar-refractivity contribution in [3.63, 3.8) is 0 Å². The van der Waals surface area contributed by atoms with Gasteiger partial charge in [-0.25, -0.2) is 4.98 Å². The first-order valence-electron chi connectivity index (χ1n) is 8.71. The van der Waals surface area contributed by atoms with Crippen molar-refractivity contribution in [3.8, 4) is 10.6 Å². The zero-order chi connectivity index (χ0) is 18.6. The van der Waals surface area contributed by atoms with Crippen LogP contribution in [-0.2, 0) is 6.42 Å². The van der Waals surface area contributed by atoms with Crippen LogP contribution in [0.1, 0.15) is 41.7 Å². The maximum Gasteiger partial charge on any atom is 0.263 e. The van der Waals surface area contributed by atoms with Crippen LogP contribution in [0.3, 0.4) is 0 Å². The highest BCUT2D eigenvalue weighted by Gasteiger charge is 2.22. The molecular formula is C20H29N3OS. The van der Waals surface area contributed by atoms with Crippen LogP contribution in [0.15, 0.2) is 24.3 Å². The van der Waals surface area contributed by atoms with E-state index >= 15 is 0 Å². The van der Waals surface area contributed by atoms with Crippen molar-refractivity contribution < 1.29 is 4.79 Å². The molecule has 1 aromatic heterocycles. The molecule has 0 saturated carbocycles. The molecule has 0 aliphatic carbocycles. The molecule has 136 valence electrons. The first-order valence-corrected chi connectivity index (χ1v) is 9.53. The fourth-order valence-electron chi connectivity index (χ4n) is 2.93. The van der Waals surface area contributed by atoms with Gasteiger partial charge in [-0.05, 0) is 38.4 Å². The molecule has 1 aromatic carbocycles. The van der Waals surface area contributed by atoms with Gasteiger partial charge in [0, 0.05) is 18.7 Å². The molecular weight excluding hydrogens is 330 g/mol. The van der Waals surface area contributed by atoms with Crippen LogP contribution in [0.4, 0.5) is 0 Å². The van der Waals surface area contributed by atoms with Crippen LogP contribution in [0.25, 0.3) is 10.6 Å². The minimum absolute atomic E-state index is 0.0244. The molecule has 25 heavy (non-hydrogen) atoms. The van der Waals surface area contributed by atoms with Crippen molar-refractivity contribution in [3.05, 3.63) is 40.4 Å². The number of nitrogens with one attached hydrogen (secondary N) is 1. The molecule has 0 unspecified atom stereocenters. The highest BCUT2D eigenvalue weighted by atomic mass is 32.1. The van der Waals surface area contributed by atoms with E-state index in [1.165, 1.54) is 16.9 Å². The molecule has 0 saturated heterocycles. The number of benzene rings is 1. The van der Waals surface area contributed by atoms with Crippen molar-refractivity contribution in [1.82, 2.24) is 15.2 Å². The van der Waals surface area contributed by atoms with Crippen LogP contribution in [-0.4, -0.2) is 43.0 Å². The summed E-state index contributed by atoms with van der Waals surface area (Å²) in [6.07, 6.45) is 1.02. The molecule has 2 aromatic rings. The average molecular weight is 360 g/mol. The SMILES string of the molecule is CCc1ccc(-c2nc(C)c(C(=O)NCC(C)(C)CN(C)C)s2)cc1. The summed E-state index contributed by atoms with van der Waals surface area (Å²) in [5.74, 6) is -0.0294. The lowest BCUT2D eigenvalue weighted by atomic mass is 9.93. The van der Waals surface area contributed by atoms with E-state index < -0.39 is 0 Å². The fraction of sp³-hybridized carbons (Fsp3) is 0.500. The zero-order valence-corrected chi connectivity index (χ0v) is 17.0. The van der Waals surface area contributed by atoms with Crippen LogP contribution in [0.5, 0.6) is 0 Å². The molecule has 0 atom stereocenters. The second-order valence-electron chi connectivity index (χ2n) is 7.57. The van der Waals surface area contributed by atoms with Crippen LogP contribution in [0, 0.1) is 12.3 Å². The van der Waals surface area contributed by atoms with Gasteiger partial charge in [0.15, 0.2) is 0 Å². The lowest BCUT2D eigenvalue weighted by Crippen LogP contribution is -2.39. The Morgan fingerprint density at radius 3 is 2.44 bits per heavy atom. The minimum atomic E-state index is -0.0294. The predicted molar refractivity (Wildman–Crippen MR) is 106 cm³/mol. The van der Waals surface area contributed by atoms with Gasteiger partial charge in [0.05, 0.1) is 5.69 Å². The predicted octanol–water partition coefficient (Wildman–Crippen LogP) is 4.00. The summed E-state index contributed by atoms with van der Waals surface area (Å²) in [5.41, 5.74) is 3.19. The van der Waals surface area contributed by atoms with E-state index in [9.17, 15) is 4.79 Å². The number of thiazole rings is 1. The summed E-state index contributed by atoms with van der Waals surface area (Å²) in [5, 5.41) is 3.97. The van der Waals surface area contributed by atoms with E-state index in [-0.39, 0.29) is 11.3 Å². The Morgan fingerprint density at radius 1 is 1.24 bits per heavy atom. The van der Waals surface area contributed by atoms with E-state index in [0.29, 0.717) is 11.4 Å². The van der Waals surface area contributed by atoms with Gasteiger partial charge >= 0.3 is 0 Å². The van der Waals surface area contributed by atoms with Gasteiger partial charge in [-0.3, -0.25) is 4.79 Å². The summed E-state index contributed by atoms with van der Waals surface area (Å²) >= 11 is 1.47. The maximum atomic E-state index is 12.6. The summed E-state index contributed by atoms with van der Waals surface area (Å²) in [6, 6.07) is 8.41. The van der Waals surface area contributed by atoms with Crippen LogP contribution in [0.2, 0.25) is 0 Å². The van der Waals surface area contributed by atoms with Gasteiger partial charge in [0.25, 0.3) is 5.91 Å². The zero-order valence-electron chi connectivity index (χ0n) is 16.1. The molecule has 1 amide bonds. The second kappa shape index (κ2) is 8.11. The standard InChI is InChI=1S/C20H29N3OS/c1-7-15-8-10-16(11-9-15)19-22-14(2)17(25-19)18(24)21-12-20(3,4)13-23(5)6/h8-11H,7,12-13H2,1-6H3,(H,21,24). The summed E-state index contributed by atoms with van der Waals surface area (Å²) in [7, 11) is 4.10. The Bertz CT molecular complexity index is 717. The Labute approximate surface area is 155 Å².